The molecule has 202 valence electrons. The topological polar surface area (TPSA) is 76.5 Å². The highest BCUT2D eigenvalue weighted by Gasteiger charge is 2.36. The summed E-state index contributed by atoms with van der Waals surface area (Å²) >= 11 is 0. The molecule has 0 amide bonds. The number of anilines is 1. The van der Waals surface area contributed by atoms with Crippen LogP contribution in [-0.2, 0) is 11.3 Å². The number of allylic oxidation sites excluding steroid dienone is 1. The molecule has 1 aromatic heterocycles. The second-order valence-electron chi connectivity index (χ2n) is 11.0. The van der Waals surface area contributed by atoms with Crippen LogP contribution in [0.5, 0.6) is 5.75 Å². The van der Waals surface area contributed by atoms with Crippen molar-refractivity contribution in [1.82, 2.24) is 14.5 Å². The monoisotopic (exact) mass is 532 g/mol. The van der Waals surface area contributed by atoms with Crippen molar-refractivity contribution < 1.29 is 9.53 Å². The predicted molar refractivity (Wildman–Crippen MR) is 157 cm³/mol. The normalized spacial score (nSPS) is 20.6. The zero-order valence-corrected chi connectivity index (χ0v) is 22.4. The fraction of sp³-hybridized carbons (Fsp3) is 0.303. The summed E-state index contributed by atoms with van der Waals surface area (Å²) in [5.74, 6) is 1.68. The van der Waals surface area contributed by atoms with Crippen molar-refractivity contribution in [2.24, 2.45) is 0 Å². The summed E-state index contributed by atoms with van der Waals surface area (Å²) in [6.45, 7) is 3.61. The van der Waals surface area contributed by atoms with E-state index in [1.54, 1.807) is 4.57 Å². The largest absolute Gasteiger partial charge is 0.427 e. The number of piperidine rings is 1. The van der Waals surface area contributed by atoms with Crippen LogP contribution < -0.4 is 15.6 Å². The van der Waals surface area contributed by atoms with E-state index in [4.69, 9.17) is 9.72 Å². The molecule has 2 atom stereocenters. The number of para-hydroxylation sites is 2. The Morgan fingerprint density at radius 3 is 2.75 bits per heavy atom. The molecule has 0 bridgehead atoms. The first-order valence-electron chi connectivity index (χ1n) is 14.2. The van der Waals surface area contributed by atoms with Crippen molar-refractivity contribution in [2.45, 2.75) is 44.2 Å². The Morgan fingerprint density at radius 1 is 1.02 bits per heavy atom. The lowest BCUT2D eigenvalue weighted by Gasteiger charge is -2.35. The number of nitrogens with zero attached hydrogens (tertiary/aromatic N) is 3. The molecule has 0 saturated carbocycles. The quantitative estimate of drug-likeness (QED) is 0.268. The Morgan fingerprint density at radius 2 is 1.85 bits per heavy atom. The van der Waals surface area contributed by atoms with Gasteiger partial charge in [0.1, 0.15) is 11.6 Å². The predicted octanol–water partition coefficient (Wildman–Crippen LogP) is 5.31. The van der Waals surface area contributed by atoms with E-state index >= 15 is 0 Å². The standard InChI is InChI=1S/C33H32N4O3/c38-31(10-5-17-36-18-16-26-25-6-1-3-8-28(25)34-30(26)21-36)40-24-13-11-22(12-14-24)20-23-15-19-37-32(23)35-29-9-4-2-7-27(29)33(37)39/h1-4,6-9,11-14,20,26,30,34H,5,10,15-19,21H2/b23-20+. The van der Waals surface area contributed by atoms with Crippen LogP contribution in [0.25, 0.3) is 22.6 Å². The van der Waals surface area contributed by atoms with Gasteiger partial charge in [-0.1, -0.05) is 42.5 Å². The zero-order valence-electron chi connectivity index (χ0n) is 22.4. The first kappa shape index (κ1) is 24.8. The third-order valence-electron chi connectivity index (χ3n) is 8.46. The summed E-state index contributed by atoms with van der Waals surface area (Å²) in [7, 11) is 0. The van der Waals surface area contributed by atoms with Gasteiger partial charge in [0.05, 0.1) is 10.9 Å². The maximum Gasteiger partial charge on any atom is 0.311 e. The number of rotatable bonds is 6. The van der Waals surface area contributed by atoms with E-state index in [0.717, 1.165) is 61.4 Å². The molecular formula is C33H32N4O3. The lowest BCUT2D eigenvalue weighted by molar-refractivity contribution is -0.134. The van der Waals surface area contributed by atoms with Crippen molar-refractivity contribution >= 4 is 34.2 Å². The lowest BCUT2D eigenvalue weighted by atomic mass is 9.88. The van der Waals surface area contributed by atoms with E-state index in [1.807, 2.05) is 48.5 Å². The second kappa shape index (κ2) is 10.4. The number of nitrogens with one attached hydrogen (secondary N) is 1. The van der Waals surface area contributed by atoms with E-state index in [0.29, 0.717) is 36.1 Å². The highest BCUT2D eigenvalue weighted by atomic mass is 16.5. The molecule has 0 aliphatic carbocycles. The third kappa shape index (κ3) is 4.71. The van der Waals surface area contributed by atoms with E-state index in [-0.39, 0.29) is 11.5 Å². The van der Waals surface area contributed by atoms with Gasteiger partial charge in [-0.2, -0.15) is 0 Å². The summed E-state index contributed by atoms with van der Waals surface area (Å²) in [5.41, 5.74) is 5.48. The highest BCUT2D eigenvalue weighted by Crippen LogP contribution is 2.40. The zero-order chi connectivity index (χ0) is 27.1. The van der Waals surface area contributed by atoms with E-state index in [1.165, 1.54) is 11.3 Å². The van der Waals surface area contributed by atoms with Crippen LogP contribution in [0.2, 0.25) is 0 Å². The molecule has 7 nitrogen and oxygen atoms in total. The van der Waals surface area contributed by atoms with Crippen LogP contribution in [0.4, 0.5) is 5.69 Å². The Labute approximate surface area is 233 Å². The van der Waals surface area contributed by atoms with Crippen LogP contribution in [0, 0.1) is 0 Å². The fourth-order valence-corrected chi connectivity index (χ4v) is 6.46. The number of fused-ring (bicyclic) bond motifs is 5. The lowest BCUT2D eigenvalue weighted by Crippen LogP contribution is -2.44. The minimum absolute atomic E-state index is 0.0107. The first-order valence-corrected chi connectivity index (χ1v) is 14.2. The van der Waals surface area contributed by atoms with Crippen molar-refractivity contribution in [3.63, 3.8) is 0 Å². The number of benzene rings is 3. The van der Waals surface area contributed by atoms with Gasteiger partial charge in [-0.15, -0.1) is 0 Å². The molecule has 1 N–H and O–H groups in total. The summed E-state index contributed by atoms with van der Waals surface area (Å²) in [6, 6.07) is 24.1. The molecule has 4 heterocycles. The van der Waals surface area contributed by atoms with Crippen molar-refractivity contribution in [3.8, 4) is 5.75 Å². The van der Waals surface area contributed by atoms with Crippen LogP contribution in [-0.4, -0.2) is 46.1 Å². The van der Waals surface area contributed by atoms with Crippen LogP contribution in [0.1, 0.15) is 48.6 Å². The second-order valence-corrected chi connectivity index (χ2v) is 11.0. The van der Waals surface area contributed by atoms with Gasteiger partial charge in [0, 0.05) is 37.2 Å². The number of ether oxygens (including phenoxy) is 1. The number of hydrogen-bond donors (Lipinski definition) is 1. The van der Waals surface area contributed by atoms with Gasteiger partial charge in [0.2, 0.25) is 0 Å². The molecule has 7 rings (SSSR count). The molecule has 1 fully saturated rings. The van der Waals surface area contributed by atoms with Gasteiger partial charge < -0.3 is 15.0 Å². The highest BCUT2D eigenvalue weighted by molar-refractivity contribution is 5.84. The summed E-state index contributed by atoms with van der Waals surface area (Å²) in [5, 5.41) is 4.34. The Bertz CT molecular complexity index is 1670. The van der Waals surface area contributed by atoms with Crippen molar-refractivity contribution in [2.75, 3.05) is 25.0 Å². The molecule has 2 unspecified atom stereocenters. The van der Waals surface area contributed by atoms with E-state index in [2.05, 4.69) is 40.6 Å². The summed E-state index contributed by atoms with van der Waals surface area (Å²) < 4.78 is 7.37. The Balaban J connectivity index is 0.921. The number of carbonyl (C=O) groups excluding carboxylic acids is 1. The van der Waals surface area contributed by atoms with Gasteiger partial charge in [-0.25, -0.2) is 4.98 Å². The molecule has 1 saturated heterocycles. The van der Waals surface area contributed by atoms with Crippen LogP contribution in [0.3, 0.4) is 0 Å². The molecule has 7 heteroatoms. The smallest absolute Gasteiger partial charge is 0.311 e. The van der Waals surface area contributed by atoms with Gasteiger partial charge in [-0.05, 0) is 85.5 Å². The maximum atomic E-state index is 12.9. The van der Waals surface area contributed by atoms with Gasteiger partial charge >= 0.3 is 5.97 Å². The maximum absolute atomic E-state index is 12.9. The molecular weight excluding hydrogens is 500 g/mol. The molecule has 4 aromatic rings. The van der Waals surface area contributed by atoms with Gasteiger partial charge in [-0.3, -0.25) is 14.2 Å². The molecule has 3 aliphatic rings. The molecule has 40 heavy (non-hydrogen) atoms. The van der Waals surface area contributed by atoms with Crippen molar-refractivity contribution in [1.29, 1.82) is 0 Å². The Kier molecular flexibility index (Phi) is 6.44. The number of esters is 1. The van der Waals surface area contributed by atoms with Crippen molar-refractivity contribution in [3.05, 3.63) is 100 Å². The van der Waals surface area contributed by atoms with Gasteiger partial charge in [0.25, 0.3) is 5.56 Å². The molecule has 3 aromatic carbocycles. The van der Waals surface area contributed by atoms with Crippen LogP contribution >= 0.6 is 0 Å². The van der Waals surface area contributed by atoms with E-state index < -0.39 is 0 Å². The van der Waals surface area contributed by atoms with Crippen LogP contribution in [0.15, 0.2) is 77.6 Å². The van der Waals surface area contributed by atoms with E-state index in [9.17, 15) is 9.59 Å². The molecule has 3 aliphatic heterocycles. The molecule has 0 spiro atoms. The average Bonchev–Trinajstić information content (AvgIpc) is 3.55. The average molecular weight is 533 g/mol. The molecule has 0 radical (unpaired) electrons. The van der Waals surface area contributed by atoms with Gasteiger partial charge in [0.15, 0.2) is 0 Å². The SMILES string of the molecule is O=C(CCCN1CCC2c3ccccc3NC2C1)Oc1ccc(/C=C2\CCn3c2nc2ccccc2c3=O)cc1. The number of aromatic nitrogens is 2. The number of likely N-dealkylation sites (tertiary alicyclic amines) is 1. The number of carbonyl (C=O) groups is 1. The first-order chi connectivity index (χ1) is 19.6. The third-order valence-corrected chi connectivity index (χ3v) is 8.46. The summed E-state index contributed by atoms with van der Waals surface area (Å²) in [6.07, 6.45) is 5.16. The minimum atomic E-state index is -0.201. The fourth-order valence-electron chi connectivity index (χ4n) is 6.46. The summed E-state index contributed by atoms with van der Waals surface area (Å²) in [4.78, 5) is 32.6. The minimum Gasteiger partial charge on any atom is -0.427 e. The number of hydrogen-bond acceptors (Lipinski definition) is 6. The Hall–Kier alpha value is -4.23.